The van der Waals surface area contributed by atoms with Crippen LogP contribution in [0.25, 0.3) is 0 Å². The van der Waals surface area contributed by atoms with Gasteiger partial charge in [-0.25, -0.2) is 9.59 Å². The van der Waals surface area contributed by atoms with Gasteiger partial charge in [-0.2, -0.15) is 0 Å². The van der Waals surface area contributed by atoms with Crippen molar-refractivity contribution in [3.63, 3.8) is 0 Å². The Labute approximate surface area is 299 Å². The van der Waals surface area contributed by atoms with E-state index in [4.69, 9.17) is 18.9 Å². The minimum atomic E-state index is -1.31. The summed E-state index contributed by atoms with van der Waals surface area (Å²) in [5.74, 6) is -0.720. The second kappa shape index (κ2) is 20.7. The van der Waals surface area contributed by atoms with Crippen LogP contribution in [0.4, 0.5) is 0 Å². The Morgan fingerprint density at radius 1 is 1.14 bits per heavy atom. The summed E-state index contributed by atoms with van der Waals surface area (Å²) < 4.78 is 23.9. The van der Waals surface area contributed by atoms with Gasteiger partial charge in [0.15, 0.2) is 6.10 Å². The Morgan fingerprint density at radius 2 is 1.92 bits per heavy atom. The van der Waals surface area contributed by atoms with Crippen LogP contribution in [0.2, 0.25) is 0 Å². The monoisotopic (exact) mass is 696 g/mol. The molecule has 3 aliphatic rings. The van der Waals surface area contributed by atoms with Crippen LogP contribution in [0.15, 0.2) is 84.6 Å². The summed E-state index contributed by atoms with van der Waals surface area (Å²) in [5.41, 5.74) is 0.954. The van der Waals surface area contributed by atoms with E-state index < -0.39 is 41.8 Å². The third-order valence-corrected chi connectivity index (χ3v) is 9.79. The van der Waals surface area contributed by atoms with Gasteiger partial charge in [-0.05, 0) is 50.5 Å². The lowest BCUT2D eigenvalue weighted by atomic mass is 9.73. The molecule has 3 rings (SSSR count). The van der Waals surface area contributed by atoms with Crippen molar-refractivity contribution in [2.24, 2.45) is 17.3 Å². The maximum atomic E-state index is 13.0. The van der Waals surface area contributed by atoms with Crippen LogP contribution in [-0.4, -0.2) is 83.2 Å². The zero-order valence-electron chi connectivity index (χ0n) is 30.6. The van der Waals surface area contributed by atoms with Crippen molar-refractivity contribution >= 4 is 11.9 Å². The largest absolute Gasteiger partial charge is 0.459 e. The van der Waals surface area contributed by atoms with Crippen molar-refractivity contribution in [2.75, 3.05) is 13.2 Å². The third-order valence-electron chi connectivity index (χ3n) is 9.79. The summed E-state index contributed by atoms with van der Waals surface area (Å²) in [4.78, 5) is 25.3. The van der Waals surface area contributed by atoms with Crippen molar-refractivity contribution in [1.82, 2.24) is 0 Å². The second-order valence-electron chi connectivity index (χ2n) is 14.6. The Balaban J connectivity index is 1.71. The second-order valence-corrected chi connectivity index (χ2v) is 14.6. The number of ether oxygens (including phenoxy) is 4. The smallest absolute Gasteiger partial charge is 0.335 e. The molecular formula is C41H60O9. The molecule has 2 saturated heterocycles. The average molecular weight is 697 g/mol. The van der Waals surface area contributed by atoms with Crippen molar-refractivity contribution in [2.45, 2.75) is 129 Å². The molecule has 4 bridgehead atoms. The molecule has 278 valence electrons. The van der Waals surface area contributed by atoms with Crippen LogP contribution in [0, 0.1) is 17.3 Å². The first-order valence-electron chi connectivity index (χ1n) is 18.1. The molecule has 0 amide bonds. The molecule has 9 nitrogen and oxygen atoms in total. The lowest BCUT2D eigenvalue weighted by Gasteiger charge is -2.47. The number of aliphatic hydroxyl groups excluding tert-OH is 3. The molecule has 1 unspecified atom stereocenters. The van der Waals surface area contributed by atoms with Crippen molar-refractivity contribution < 1.29 is 43.9 Å². The number of esters is 2. The summed E-state index contributed by atoms with van der Waals surface area (Å²) in [7, 11) is 0. The minimum Gasteiger partial charge on any atom is -0.459 e. The quantitative estimate of drug-likeness (QED) is 0.166. The highest BCUT2D eigenvalue weighted by molar-refractivity contribution is 5.82. The van der Waals surface area contributed by atoms with Crippen molar-refractivity contribution in [1.29, 1.82) is 0 Å². The Morgan fingerprint density at radius 3 is 2.66 bits per heavy atom. The summed E-state index contributed by atoms with van der Waals surface area (Å²) in [6, 6.07) is 0. The molecular weight excluding hydrogens is 636 g/mol. The number of hydrogen-bond donors (Lipinski definition) is 3. The van der Waals surface area contributed by atoms with Gasteiger partial charge in [0.05, 0.1) is 42.5 Å². The SMILES string of the molecule is C=C(CCC(C)C)COC(=O)C(O)C/C=C/C[C@@H]1O[C@@H]2/C=C\C/C=C/C(C)=C\[C@H]3O[C@@H](C/C=C/C=C/C(=O)O[C@H](C2)[C@@]1(C)CO)C[C@H](O)[C@H]3C. The zero-order chi connectivity index (χ0) is 36.7. The van der Waals surface area contributed by atoms with E-state index in [9.17, 15) is 24.9 Å². The maximum absolute atomic E-state index is 13.0. The van der Waals surface area contributed by atoms with Crippen LogP contribution in [0.3, 0.4) is 0 Å². The summed E-state index contributed by atoms with van der Waals surface area (Å²) in [6.45, 7) is 13.9. The van der Waals surface area contributed by atoms with E-state index in [1.54, 1.807) is 18.2 Å². The topological polar surface area (TPSA) is 132 Å². The fourth-order valence-electron chi connectivity index (χ4n) is 6.27. The predicted molar refractivity (Wildman–Crippen MR) is 195 cm³/mol. The lowest BCUT2D eigenvalue weighted by molar-refractivity contribution is -0.198. The van der Waals surface area contributed by atoms with Gasteiger partial charge >= 0.3 is 11.9 Å². The van der Waals surface area contributed by atoms with Crippen LogP contribution in [0.1, 0.15) is 86.0 Å². The zero-order valence-corrected chi connectivity index (χ0v) is 30.6. The van der Waals surface area contributed by atoms with E-state index in [0.29, 0.717) is 38.0 Å². The standard InChI is InChI=1S/C41H60O9/c1-28(2)21-22-30(4)26-47-40(46)34(43)18-13-14-19-37-41(6,27-42)38-25-33(49-37)17-10-7-9-15-29(3)23-36-31(5)35(44)24-32(48-36)16-11-8-12-20-39(45)50-38/h8-15,17,20,23,28,31-38,42-44H,4,7,16,18-19,21-22,24-27H2,1-3,5-6H3/b11-8+,14-13+,15-9+,17-10-,20-12+,29-23-/t31-,32+,33-,34?,35+,36-,37+,38-,41+/m1/s1. The Hall–Kier alpha value is -3.08. The van der Waals surface area contributed by atoms with Crippen LogP contribution >= 0.6 is 0 Å². The highest BCUT2D eigenvalue weighted by Crippen LogP contribution is 2.41. The normalized spacial score (nSPS) is 35.3. The van der Waals surface area contributed by atoms with Gasteiger partial charge in [0.2, 0.25) is 0 Å². The third kappa shape index (κ3) is 13.2. The Kier molecular flexibility index (Phi) is 17.1. The molecule has 0 saturated carbocycles. The molecule has 0 aromatic rings. The predicted octanol–water partition coefficient (Wildman–Crippen LogP) is 6.41. The summed E-state index contributed by atoms with van der Waals surface area (Å²) >= 11 is 0. The maximum Gasteiger partial charge on any atom is 0.335 e. The van der Waals surface area contributed by atoms with Crippen LogP contribution in [0.5, 0.6) is 0 Å². The summed E-state index contributed by atoms with van der Waals surface area (Å²) in [5, 5.41) is 31.6. The van der Waals surface area contributed by atoms with E-state index in [0.717, 1.165) is 24.0 Å². The average Bonchev–Trinajstić information content (AvgIpc) is 3.07. The fraction of sp³-hybridized carbons (Fsp3) is 0.610. The van der Waals surface area contributed by atoms with Gasteiger partial charge in [0.25, 0.3) is 0 Å². The van der Waals surface area contributed by atoms with Crippen molar-refractivity contribution in [3.8, 4) is 0 Å². The molecule has 50 heavy (non-hydrogen) atoms. The number of allylic oxidation sites excluding steroid dienone is 6. The van der Waals surface area contributed by atoms with Crippen LogP contribution < -0.4 is 0 Å². The van der Waals surface area contributed by atoms with Gasteiger partial charge in [-0.3, -0.25) is 0 Å². The molecule has 0 aliphatic carbocycles. The van der Waals surface area contributed by atoms with Gasteiger partial charge < -0.3 is 34.3 Å². The lowest BCUT2D eigenvalue weighted by Crippen LogP contribution is -2.55. The number of carbonyl (C=O) groups excluding carboxylic acids is 2. The molecule has 0 spiro atoms. The highest BCUT2D eigenvalue weighted by Gasteiger charge is 2.49. The molecule has 0 aromatic carbocycles. The van der Waals surface area contributed by atoms with E-state index in [-0.39, 0.29) is 43.9 Å². The molecule has 9 heteroatoms. The minimum absolute atomic E-state index is 0.0218. The molecule has 3 aliphatic heterocycles. The van der Waals surface area contributed by atoms with E-state index in [1.807, 2.05) is 57.2 Å². The van der Waals surface area contributed by atoms with E-state index >= 15 is 0 Å². The van der Waals surface area contributed by atoms with Gasteiger partial charge in [0.1, 0.15) is 12.7 Å². The highest BCUT2D eigenvalue weighted by atomic mass is 16.6. The molecule has 3 heterocycles. The first-order valence-corrected chi connectivity index (χ1v) is 18.1. The molecule has 3 N–H and O–H groups in total. The number of fused-ring (bicyclic) bond motifs is 4. The van der Waals surface area contributed by atoms with Crippen LogP contribution in [-0.2, 0) is 28.5 Å². The molecule has 9 atom stereocenters. The van der Waals surface area contributed by atoms with Gasteiger partial charge in [-0.1, -0.05) is 101 Å². The number of aliphatic hydroxyl groups is 3. The number of hydrogen-bond acceptors (Lipinski definition) is 9. The summed E-state index contributed by atoms with van der Waals surface area (Å²) in [6.07, 6.45) is 21.0. The molecule has 2 fully saturated rings. The van der Waals surface area contributed by atoms with E-state index in [2.05, 4.69) is 26.5 Å². The number of carbonyl (C=O) groups is 2. The molecule has 0 radical (unpaired) electrons. The Bertz CT molecular complexity index is 1290. The first kappa shape index (κ1) is 41.3. The van der Waals surface area contributed by atoms with Crippen molar-refractivity contribution in [3.05, 3.63) is 84.6 Å². The van der Waals surface area contributed by atoms with E-state index in [1.165, 1.54) is 6.08 Å². The number of rotatable bonds is 11. The van der Waals surface area contributed by atoms with Gasteiger partial charge in [0, 0.05) is 31.3 Å². The first-order chi connectivity index (χ1) is 23.8. The fourth-order valence-corrected chi connectivity index (χ4v) is 6.27. The molecule has 0 aromatic heterocycles. The van der Waals surface area contributed by atoms with Gasteiger partial charge in [-0.15, -0.1) is 0 Å².